The van der Waals surface area contributed by atoms with Crippen LogP contribution in [0.5, 0.6) is 0 Å². The maximum Gasteiger partial charge on any atom is 0.416 e. The average Bonchev–Trinajstić information content (AvgIpc) is 3.02. The van der Waals surface area contributed by atoms with Crippen molar-refractivity contribution in [1.29, 1.82) is 0 Å². The Morgan fingerprint density at radius 2 is 2.00 bits per heavy atom. The number of anilines is 1. The molecule has 8 heteroatoms. The highest BCUT2D eigenvalue weighted by molar-refractivity contribution is 7.13. The molecule has 1 aliphatic rings. The molecule has 2 heterocycles. The Labute approximate surface area is 150 Å². The number of aromatic nitrogens is 1. The van der Waals surface area contributed by atoms with E-state index in [1.54, 1.807) is 6.07 Å². The lowest BCUT2D eigenvalue weighted by atomic mass is 10.0. The fourth-order valence-corrected chi connectivity index (χ4v) is 3.46. The third-order valence-corrected chi connectivity index (χ3v) is 5.28. The SMILES string of the molecule is O=C(Nc1cccc(C(F)(F)F)c1)C1(c2cc(-c3cccs3)on2)CC1. The smallest absolute Gasteiger partial charge is 0.355 e. The zero-order chi connectivity index (χ0) is 18.4. The second-order valence-corrected chi connectivity index (χ2v) is 7.12. The molecule has 4 rings (SSSR count). The molecule has 0 spiro atoms. The first-order valence-corrected chi connectivity index (χ1v) is 8.76. The molecule has 1 fully saturated rings. The van der Waals surface area contributed by atoms with Gasteiger partial charge in [-0.15, -0.1) is 11.3 Å². The van der Waals surface area contributed by atoms with Crippen molar-refractivity contribution < 1.29 is 22.5 Å². The van der Waals surface area contributed by atoms with E-state index in [2.05, 4.69) is 10.5 Å². The number of hydrogen-bond acceptors (Lipinski definition) is 4. The van der Waals surface area contributed by atoms with Crippen molar-refractivity contribution in [3.8, 4) is 10.6 Å². The van der Waals surface area contributed by atoms with Crippen molar-refractivity contribution in [2.75, 3.05) is 5.32 Å². The van der Waals surface area contributed by atoms with Crippen molar-refractivity contribution in [1.82, 2.24) is 5.16 Å². The lowest BCUT2D eigenvalue weighted by Crippen LogP contribution is -2.28. The van der Waals surface area contributed by atoms with Crippen molar-refractivity contribution in [2.45, 2.75) is 24.4 Å². The van der Waals surface area contributed by atoms with Gasteiger partial charge in [-0.1, -0.05) is 17.3 Å². The van der Waals surface area contributed by atoms with Gasteiger partial charge in [-0.3, -0.25) is 4.79 Å². The molecule has 0 bridgehead atoms. The van der Waals surface area contributed by atoms with Crippen LogP contribution in [-0.2, 0) is 16.4 Å². The lowest BCUT2D eigenvalue weighted by Gasteiger charge is -2.14. The normalized spacial score (nSPS) is 15.7. The summed E-state index contributed by atoms with van der Waals surface area (Å²) in [7, 11) is 0. The van der Waals surface area contributed by atoms with Crippen LogP contribution >= 0.6 is 11.3 Å². The third kappa shape index (κ3) is 3.01. The maximum absolute atomic E-state index is 12.8. The first-order chi connectivity index (χ1) is 12.4. The lowest BCUT2D eigenvalue weighted by molar-refractivity contribution is -0.137. The van der Waals surface area contributed by atoms with E-state index in [0.717, 1.165) is 17.0 Å². The number of carbonyl (C=O) groups is 1. The summed E-state index contributed by atoms with van der Waals surface area (Å²) >= 11 is 1.49. The molecule has 4 nitrogen and oxygen atoms in total. The van der Waals surface area contributed by atoms with Gasteiger partial charge in [0.1, 0.15) is 0 Å². The van der Waals surface area contributed by atoms with Crippen molar-refractivity contribution in [3.05, 3.63) is 59.1 Å². The molecule has 0 saturated heterocycles. The van der Waals surface area contributed by atoms with E-state index in [-0.39, 0.29) is 11.6 Å². The quantitative estimate of drug-likeness (QED) is 0.688. The predicted octanol–water partition coefficient (Wildman–Crippen LogP) is 5.09. The second-order valence-electron chi connectivity index (χ2n) is 6.17. The Morgan fingerprint density at radius 3 is 2.65 bits per heavy atom. The van der Waals surface area contributed by atoms with Crippen LogP contribution in [0.1, 0.15) is 24.1 Å². The minimum Gasteiger partial charge on any atom is -0.355 e. The monoisotopic (exact) mass is 378 g/mol. The van der Waals surface area contributed by atoms with Crippen LogP contribution in [0.2, 0.25) is 0 Å². The zero-order valence-corrected chi connectivity index (χ0v) is 14.2. The molecule has 1 aromatic carbocycles. The van der Waals surface area contributed by atoms with E-state index in [1.807, 2.05) is 17.5 Å². The third-order valence-electron chi connectivity index (χ3n) is 4.40. The van der Waals surface area contributed by atoms with Crippen LogP contribution in [0.4, 0.5) is 18.9 Å². The molecule has 1 saturated carbocycles. The molecule has 2 aromatic heterocycles. The predicted molar refractivity (Wildman–Crippen MR) is 90.8 cm³/mol. The zero-order valence-electron chi connectivity index (χ0n) is 13.3. The molecule has 1 N–H and O–H groups in total. The fraction of sp³-hybridized carbons (Fsp3) is 0.222. The Morgan fingerprint density at radius 1 is 1.19 bits per heavy atom. The second kappa shape index (κ2) is 5.98. The van der Waals surface area contributed by atoms with E-state index in [0.29, 0.717) is 24.3 Å². The molecular formula is C18H13F3N2O2S. The highest BCUT2D eigenvalue weighted by Crippen LogP contribution is 2.49. The molecule has 3 aromatic rings. The molecule has 0 unspecified atom stereocenters. The van der Waals surface area contributed by atoms with Gasteiger partial charge in [-0.25, -0.2) is 0 Å². The highest BCUT2D eigenvalue weighted by Gasteiger charge is 2.54. The molecule has 0 aliphatic heterocycles. The maximum atomic E-state index is 12.8. The van der Waals surface area contributed by atoms with Crippen LogP contribution in [0.3, 0.4) is 0 Å². The van der Waals surface area contributed by atoms with Crippen molar-refractivity contribution in [3.63, 3.8) is 0 Å². The standard InChI is InChI=1S/C18H13F3N2O2S/c19-18(20,21)11-3-1-4-12(9-11)22-16(24)17(6-7-17)15-10-13(25-23-15)14-5-2-8-26-14/h1-5,8-10H,6-7H2,(H,22,24). The van der Waals surface area contributed by atoms with E-state index in [4.69, 9.17) is 4.52 Å². The van der Waals surface area contributed by atoms with Crippen molar-refractivity contribution in [2.24, 2.45) is 0 Å². The number of benzene rings is 1. The van der Waals surface area contributed by atoms with Gasteiger partial charge in [0.2, 0.25) is 5.91 Å². The largest absolute Gasteiger partial charge is 0.416 e. The summed E-state index contributed by atoms with van der Waals surface area (Å²) in [5, 5.41) is 8.51. The number of carbonyl (C=O) groups excluding carboxylic acids is 1. The van der Waals surface area contributed by atoms with Crippen LogP contribution < -0.4 is 5.32 Å². The van der Waals surface area contributed by atoms with Crippen LogP contribution in [-0.4, -0.2) is 11.1 Å². The van der Waals surface area contributed by atoms with Gasteiger partial charge >= 0.3 is 6.18 Å². The summed E-state index contributed by atoms with van der Waals surface area (Å²) in [6, 6.07) is 10.1. The minimum atomic E-state index is -4.46. The molecular weight excluding hydrogens is 365 g/mol. The topological polar surface area (TPSA) is 55.1 Å². The molecule has 0 atom stereocenters. The van der Waals surface area contributed by atoms with Crippen molar-refractivity contribution >= 4 is 22.9 Å². The van der Waals surface area contributed by atoms with Crippen LogP contribution in [0.15, 0.2) is 52.4 Å². The Kier molecular flexibility index (Phi) is 3.87. The van der Waals surface area contributed by atoms with Gasteiger partial charge in [0.25, 0.3) is 0 Å². The van der Waals surface area contributed by atoms with E-state index >= 15 is 0 Å². The Balaban J connectivity index is 1.55. The van der Waals surface area contributed by atoms with E-state index in [9.17, 15) is 18.0 Å². The van der Waals surface area contributed by atoms with Gasteiger partial charge < -0.3 is 9.84 Å². The summed E-state index contributed by atoms with van der Waals surface area (Å²) in [5.74, 6) is 0.205. The summed E-state index contributed by atoms with van der Waals surface area (Å²) < 4.78 is 43.8. The first kappa shape index (κ1) is 16.8. The number of rotatable bonds is 4. The highest BCUT2D eigenvalue weighted by atomic mass is 32.1. The van der Waals surface area contributed by atoms with Crippen LogP contribution in [0.25, 0.3) is 10.6 Å². The van der Waals surface area contributed by atoms with Gasteiger partial charge in [0, 0.05) is 11.8 Å². The summed E-state index contributed by atoms with van der Waals surface area (Å²) in [4.78, 5) is 13.6. The van der Waals surface area contributed by atoms with Gasteiger partial charge in [-0.2, -0.15) is 13.2 Å². The average molecular weight is 378 g/mol. The van der Waals surface area contributed by atoms with Gasteiger partial charge in [0.15, 0.2) is 5.76 Å². The molecule has 134 valence electrons. The number of amides is 1. The molecule has 26 heavy (non-hydrogen) atoms. The number of alkyl halides is 3. The number of thiophene rings is 1. The Bertz CT molecular complexity index is 944. The molecule has 0 radical (unpaired) electrons. The number of nitrogens with one attached hydrogen (secondary N) is 1. The van der Waals surface area contributed by atoms with E-state index < -0.39 is 17.2 Å². The van der Waals surface area contributed by atoms with Gasteiger partial charge in [0.05, 0.1) is 21.5 Å². The van der Waals surface area contributed by atoms with E-state index in [1.165, 1.54) is 23.5 Å². The summed E-state index contributed by atoms with van der Waals surface area (Å²) in [5.41, 5.74) is -1.03. The number of hydrogen-bond donors (Lipinski definition) is 1. The van der Waals surface area contributed by atoms with Gasteiger partial charge in [-0.05, 0) is 42.5 Å². The molecule has 1 aliphatic carbocycles. The fourth-order valence-electron chi connectivity index (χ4n) is 2.78. The number of nitrogens with zero attached hydrogens (tertiary/aromatic N) is 1. The summed E-state index contributed by atoms with van der Waals surface area (Å²) in [6.45, 7) is 0. The first-order valence-electron chi connectivity index (χ1n) is 7.88. The number of halogens is 3. The summed E-state index contributed by atoms with van der Waals surface area (Å²) in [6.07, 6.45) is -3.30. The molecule has 1 amide bonds. The Hall–Kier alpha value is -2.61. The minimum absolute atomic E-state index is 0.109. The van der Waals surface area contributed by atoms with Crippen LogP contribution in [0, 0.1) is 0 Å².